The van der Waals surface area contributed by atoms with Crippen molar-refractivity contribution < 1.29 is 14.3 Å². The molecule has 1 fully saturated rings. The Morgan fingerprint density at radius 3 is 2.94 bits per heavy atom. The van der Waals surface area contributed by atoms with Crippen LogP contribution in [0.2, 0.25) is 0 Å². The molecular weight excluding hydrogens is 220 g/mol. The quantitative estimate of drug-likeness (QED) is 0.705. The fraction of sp³-hybridized carbons (Fsp3) is 0.917. The standard InChI is InChI=1S/C12H24N2O3/c1-4-17-12(2,3)9-14-11(15)7-10-8-13-5-6-16-10/h10,13H,4-9H2,1-3H3,(H,14,15). The molecule has 1 atom stereocenters. The first-order chi connectivity index (χ1) is 8.03. The van der Waals surface area contributed by atoms with E-state index in [1.165, 1.54) is 0 Å². The van der Waals surface area contributed by atoms with Crippen molar-refractivity contribution in [2.45, 2.75) is 38.9 Å². The van der Waals surface area contributed by atoms with E-state index in [0.29, 0.717) is 26.2 Å². The molecule has 17 heavy (non-hydrogen) atoms. The molecule has 0 aromatic heterocycles. The lowest BCUT2D eigenvalue weighted by Crippen LogP contribution is -2.44. The number of nitrogens with one attached hydrogen (secondary N) is 2. The maximum absolute atomic E-state index is 11.7. The van der Waals surface area contributed by atoms with Crippen molar-refractivity contribution in [2.24, 2.45) is 0 Å². The van der Waals surface area contributed by atoms with Gasteiger partial charge in [-0.1, -0.05) is 0 Å². The van der Waals surface area contributed by atoms with Gasteiger partial charge < -0.3 is 20.1 Å². The molecule has 1 heterocycles. The van der Waals surface area contributed by atoms with Gasteiger partial charge in [-0.3, -0.25) is 4.79 Å². The van der Waals surface area contributed by atoms with E-state index >= 15 is 0 Å². The molecule has 1 amide bonds. The second-order valence-corrected chi connectivity index (χ2v) is 4.87. The van der Waals surface area contributed by atoms with E-state index in [1.807, 2.05) is 20.8 Å². The highest BCUT2D eigenvalue weighted by Crippen LogP contribution is 2.07. The summed E-state index contributed by atoms with van der Waals surface area (Å²) in [7, 11) is 0. The third-order valence-electron chi connectivity index (χ3n) is 2.66. The monoisotopic (exact) mass is 244 g/mol. The highest BCUT2D eigenvalue weighted by Gasteiger charge is 2.21. The number of morpholine rings is 1. The largest absolute Gasteiger partial charge is 0.375 e. The van der Waals surface area contributed by atoms with Gasteiger partial charge in [0.15, 0.2) is 0 Å². The fourth-order valence-electron chi connectivity index (χ4n) is 1.78. The summed E-state index contributed by atoms with van der Waals surface area (Å²) in [6.45, 7) is 9.37. The lowest BCUT2D eigenvalue weighted by Gasteiger charge is -2.26. The highest BCUT2D eigenvalue weighted by molar-refractivity contribution is 5.76. The minimum Gasteiger partial charge on any atom is -0.375 e. The van der Waals surface area contributed by atoms with E-state index in [-0.39, 0.29) is 17.6 Å². The zero-order chi connectivity index (χ0) is 12.7. The summed E-state index contributed by atoms with van der Waals surface area (Å²) in [5.74, 6) is 0.0199. The summed E-state index contributed by atoms with van der Waals surface area (Å²) >= 11 is 0. The summed E-state index contributed by atoms with van der Waals surface area (Å²) in [6, 6.07) is 0. The predicted octanol–water partition coefficient (Wildman–Crippen LogP) is 0.296. The summed E-state index contributed by atoms with van der Waals surface area (Å²) in [5.41, 5.74) is -0.309. The minimum atomic E-state index is -0.309. The molecule has 0 radical (unpaired) electrons. The van der Waals surface area contributed by atoms with Crippen LogP contribution in [0.3, 0.4) is 0 Å². The third kappa shape index (κ3) is 6.00. The van der Waals surface area contributed by atoms with Crippen LogP contribution in [0.25, 0.3) is 0 Å². The number of rotatable bonds is 6. The van der Waals surface area contributed by atoms with Crippen LogP contribution in [0.5, 0.6) is 0 Å². The van der Waals surface area contributed by atoms with Gasteiger partial charge in [0, 0.05) is 26.2 Å². The van der Waals surface area contributed by atoms with E-state index in [4.69, 9.17) is 9.47 Å². The maximum Gasteiger partial charge on any atom is 0.222 e. The number of carbonyl (C=O) groups excluding carboxylic acids is 1. The van der Waals surface area contributed by atoms with Gasteiger partial charge in [0.05, 0.1) is 24.7 Å². The Morgan fingerprint density at radius 2 is 2.35 bits per heavy atom. The summed E-state index contributed by atoms with van der Waals surface area (Å²) in [6.07, 6.45) is 0.411. The van der Waals surface area contributed by atoms with E-state index in [9.17, 15) is 4.79 Å². The number of hydrogen-bond acceptors (Lipinski definition) is 4. The first-order valence-corrected chi connectivity index (χ1v) is 6.26. The topological polar surface area (TPSA) is 59.6 Å². The first kappa shape index (κ1) is 14.4. The Labute approximate surface area is 103 Å². The molecule has 1 aliphatic rings. The van der Waals surface area contributed by atoms with Crippen molar-refractivity contribution >= 4 is 5.91 Å². The van der Waals surface area contributed by atoms with Crippen LogP contribution in [0.1, 0.15) is 27.2 Å². The average Bonchev–Trinajstić information content (AvgIpc) is 2.28. The molecule has 1 rings (SSSR count). The van der Waals surface area contributed by atoms with Crippen LogP contribution in [-0.4, -0.2) is 50.5 Å². The number of hydrogen-bond donors (Lipinski definition) is 2. The second-order valence-electron chi connectivity index (χ2n) is 4.87. The molecule has 0 bridgehead atoms. The molecule has 0 spiro atoms. The van der Waals surface area contributed by atoms with Gasteiger partial charge in [-0.05, 0) is 20.8 Å². The average molecular weight is 244 g/mol. The highest BCUT2D eigenvalue weighted by atomic mass is 16.5. The van der Waals surface area contributed by atoms with E-state index in [1.54, 1.807) is 0 Å². The second kappa shape index (κ2) is 6.93. The van der Waals surface area contributed by atoms with Gasteiger partial charge in [-0.15, -0.1) is 0 Å². The van der Waals surface area contributed by atoms with Crippen molar-refractivity contribution in [1.82, 2.24) is 10.6 Å². The lowest BCUT2D eigenvalue weighted by molar-refractivity contribution is -0.126. The van der Waals surface area contributed by atoms with Gasteiger partial charge in [0.2, 0.25) is 5.91 Å². The summed E-state index contributed by atoms with van der Waals surface area (Å²) in [4.78, 5) is 11.7. The number of ether oxygens (including phenoxy) is 2. The normalized spacial score (nSPS) is 21.2. The van der Waals surface area contributed by atoms with E-state index < -0.39 is 0 Å². The molecule has 100 valence electrons. The molecule has 0 aromatic rings. The molecule has 1 saturated heterocycles. The summed E-state index contributed by atoms with van der Waals surface area (Å²) < 4.78 is 11.0. The number of carbonyl (C=O) groups is 1. The zero-order valence-corrected chi connectivity index (χ0v) is 11.0. The molecule has 2 N–H and O–H groups in total. The van der Waals surface area contributed by atoms with Crippen molar-refractivity contribution in [1.29, 1.82) is 0 Å². The molecule has 0 saturated carbocycles. The Bertz CT molecular complexity index is 238. The van der Waals surface area contributed by atoms with Gasteiger partial charge in [-0.25, -0.2) is 0 Å². The molecule has 1 unspecified atom stereocenters. The third-order valence-corrected chi connectivity index (χ3v) is 2.66. The Balaban J connectivity index is 2.20. The Hall–Kier alpha value is -0.650. The van der Waals surface area contributed by atoms with Crippen molar-refractivity contribution in [3.8, 4) is 0 Å². The molecule has 5 heteroatoms. The van der Waals surface area contributed by atoms with Crippen LogP contribution in [0, 0.1) is 0 Å². The van der Waals surface area contributed by atoms with Crippen molar-refractivity contribution in [3.63, 3.8) is 0 Å². The van der Waals surface area contributed by atoms with Crippen LogP contribution in [0.15, 0.2) is 0 Å². The van der Waals surface area contributed by atoms with Crippen molar-refractivity contribution in [3.05, 3.63) is 0 Å². The van der Waals surface area contributed by atoms with Gasteiger partial charge >= 0.3 is 0 Å². The maximum atomic E-state index is 11.7. The fourth-order valence-corrected chi connectivity index (χ4v) is 1.78. The molecular formula is C12H24N2O3. The molecule has 0 aromatic carbocycles. The van der Waals surface area contributed by atoms with Crippen LogP contribution >= 0.6 is 0 Å². The first-order valence-electron chi connectivity index (χ1n) is 6.26. The molecule has 0 aliphatic carbocycles. The Morgan fingerprint density at radius 1 is 1.59 bits per heavy atom. The molecule has 1 aliphatic heterocycles. The van der Waals surface area contributed by atoms with Gasteiger partial charge in [0.1, 0.15) is 0 Å². The van der Waals surface area contributed by atoms with Crippen LogP contribution < -0.4 is 10.6 Å². The molecule has 5 nitrogen and oxygen atoms in total. The van der Waals surface area contributed by atoms with Crippen LogP contribution in [0.4, 0.5) is 0 Å². The predicted molar refractivity (Wildman–Crippen MR) is 65.9 cm³/mol. The number of amides is 1. The SMILES string of the molecule is CCOC(C)(C)CNC(=O)CC1CNCCO1. The van der Waals surface area contributed by atoms with Gasteiger partial charge in [0.25, 0.3) is 0 Å². The zero-order valence-electron chi connectivity index (χ0n) is 11.0. The summed E-state index contributed by atoms with van der Waals surface area (Å²) in [5, 5.41) is 6.09. The van der Waals surface area contributed by atoms with E-state index in [2.05, 4.69) is 10.6 Å². The van der Waals surface area contributed by atoms with Crippen molar-refractivity contribution in [2.75, 3.05) is 32.8 Å². The lowest BCUT2D eigenvalue weighted by atomic mass is 10.1. The van der Waals surface area contributed by atoms with Crippen LogP contribution in [-0.2, 0) is 14.3 Å². The minimum absolute atomic E-state index is 0.000967. The Kier molecular flexibility index (Phi) is 5.88. The van der Waals surface area contributed by atoms with Gasteiger partial charge in [-0.2, -0.15) is 0 Å². The van der Waals surface area contributed by atoms with E-state index in [0.717, 1.165) is 13.1 Å². The smallest absolute Gasteiger partial charge is 0.222 e.